The number of carbonyl (C=O) groups excluding carboxylic acids is 1. The smallest absolute Gasteiger partial charge is 0.314 e. The summed E-state index contributed by atoms with van der Waals surface area (Å²) >= 11 is 0. The van der Waals surface area contributed by atoms with E-state index in [2.05, 4.69) is 15.5 Å². The summed E-state index contributed by atoms with van der Waals surface area (Å²) in [5.41, 5.74) is 0. The van der Waals surface area contributed by atoms with Crippen molar-refractivity contribution in [3.63, 3.8) is 0 Å². The number of urea groups is 1. The molecule has 2 amide bonds. The number of likely N-dealkylation sites (tertiary alicyclic amines) is 1. The number of rotatable bonds is 3. The first kappa shape index (κ1) is 11.3. The zero-order valence-corrected chi connectivity index (χ0v) is 9.18. The van der Waals surface area contributed by atoms with Gasteiger partial charge in [-0.25, -0.2) is 4.79 Å². The summed E-state index contributed by atoms with van der Waals surface area (Å²) in [5.74, 6) is 0. The molecule has 0 saturated carbocycles. The quantitative estimate of drug-likeness (QED) is 0.706. The minimum Gasteiger partial charge on any atom is -0.341 e. The molecule has 2 N–H and O–H groups in total. The maximum Gasteiger partial charge on any atom is 0.314 e. The summed E-state index contributed by atoms with van der Waals surface area (Å²) in [5, 5.41) is 5.45. The molecule has 1 rings (SSSR count). The van der Waals surface area contributed by atoms with Crippen molar-refractivity contribution >= 4 is 6.03 Å². The molecule has 1 heterocycles. The van der Waals surface area contributed by atoms with Gasteiger partial charge in [0.25, 0.3) is 0 Å². The Bertz CT molecular complexity index is 178. The van der Waals surface area contributed by atoms with Crippen LogP contribution in [0.4, 0.5) is 4.79 Å². The van der Waals surface area contributed by atoms with E-state index in [1.54, 1.807) is 7.05 Å². The molecule has 0 aromatic heterocycles. The standard InChI is InChI=1S/C10H21N3O/c1-9(12-10(14)11-2)8-13-6-4-3-5-7-13/h9H,3-8H2,1-2H3,(H2,11,12,14). The summed E-state index contributed by atoms with van der Waals surface area (Å²) in [7, 11) is 1.64. The van der Waals surface area contributed by atoms with Gasteiger partial charge < -0.3 is 15.5 Å². The second-order valence-electron chi connectivity index (χ2n) is 3.99. The number of nitrogens with one attached hydrogen (secondary N) is 2. The predicted octanol–water partition coefficient (Wildman–Crippen LogP) is 0.790. The van der Waals surface area contributed by atoms with Crippen LogP contribution in [0, 0.1) is 0 Å². The fourth-order valence-electron chi connectivity index (χ4n) is 1.87. The fraction of sp³-hybridized carbons (Fsp3) is 0.900. The van der Waals surface area contributed by atoms with Crippen molar-refractivity contribution in [2.45, 2.75) is 32.2 Å². The van der Waals surface area contributed by atoms with Gasteiger partial charge in [0.1, 0.15) is 0 Å². The predicted molar refractivity (Wildman–Crippen MR) is 57.3 cm³/mol. The van der Waals surface area contributed by atoms with Crippen molar-refractivity contribution in [3.8, 4) is 0 Å². The van der Waals surface area contributed by atoms with Gasteiger partial charge in [-0.15, -0.1) is 0 Å². The van der Waals surface area contributed by atoms with Gasteiger partial charge in [-0.1, -0.05) is 6.42 Å². The van der Waals surface area contributed by atoms with Gasteiger partial charge in [0.15, 0.2) is 0 Å². The third-order valence-corrected chi connectivity index (χ3v) is 2.59. The van der Waals surface area contributed by atoms with Crippen LogP contribution in [-0.2, 0) is 0 Å². The highest BCUT2D eigenvalue weighted by atomic mass is 16.2. The Morgan fingerprint density at radius 2 is 2.00 bits per heavy atom. The van der Waals surface area contributed by atoms with E-state index < -0.39 is 0 Å². The Morgan fingerprint density at radius 1 is 1.36 bits per heavy atom. The first-order valence-electron chi connectivity index (χ1n) is 5.43. The molecule has 0 spiro atoms. The van der Waals surface area contributed by atoms with Crippen molar-refractivity contribution in [3.05, 3.63) is 0 Å². The summed E-state index contributed by atoms with van der Waals surface area (Å²) in [6.45, 7) is 5.37. The molecule has 1 atom stereocenters. The van der Waals surface area contributed by atoms with E-state index in [1.165, 1.54) is 32.4 Å². The number of amides is 2. The van der Waals surface area contributed by atoms with Gasteiger partial charge in [0.2, 0.25) is 0 Å². The molecule has 14 heavy (non-hydrogen) atoms. The maximum atomic E-state index is 11.0. The van der Waals surface area contributed by atoms with Gasteiger partial charge in [0, 0.05) is 19.6 Å². The third-order valence-electron chi connectivity index (χ3n) is 2.59. The number of carbonyl (C=O) groups is 1. The molecule has 1 fully saturated rings. The van der Waals surface area contributed by atoms with Gasteiger partial charge >= 0.3 is 6.03 Å². The van der Waals surface area contributed by atoms with Crippen LogP contribution in [0.3, 0.4) is 0 Å². The van der Waals surface area contributed by atoms with Crippen molar-refractivity contribution in [2.75, 3.05) is 26.7 Å². The monoisotopic (exact) mass is 199 g/mol. The average molecular weight is 199 g/mol. The van der Waals surface area contributed by atoms with Gasteiger partial charge in [-0.2, -0.15) is 0 Å². The molecule has 0 bridgehead atoms. The summed E-state index contributed by atoms with van der Waals surface area (Å²) in [6.07, 6.45) is 3.95. The van der Waals surface area contributed by atoms with Crippen molar-refractivity contribution in [1.29, 1.82) is 0 Å². The van der Waals surface area contributed by atoms with Crippen LogP contribution < -0.4 is 10.6 Å². The minimum absolute atomic E-state index is 0.0884. The summed E-state index contributed by atoms with van der Waals surface area (Å²) in [4.78, 5) is 13.4. The molecule has 0 aromatic rings. The molecule has 4 heteroatoms. The van der Waals surface area contributed by atoms with E-state index in [0.717, 1.165) is 6.54 Å². The average Bonchev–Trinajstić information content (AvgIpc) is 2.19. The zero-order valence-electron chi connectivity index (χ0n) is 9.18. The van der Waals surface area contributed by atoms with E-state index in [0.29, 0.717) is 0 Å². The first-order chi connectivity index (χ1) is 6.72. The largest absolute Gasteiger partial charge is 0.341 e. The molecular formula is C10H21N3O. The van der Waals surface area contributed by atoms with E-state index in [9.17, 15) is 4.79 Å². The second kappa shape index (κ2) is 5.86. The number of hydrogen-bond donors (Lipinski definition) is 2. The van der Waals surface area contributed by atoms with Crippen molar-refractivity contribution < 1.29 is 4.79 Å². The number of piperidine rings is 1. The summed E-state index contributed by atoms with van der Waals surface area (Å²) < 4.78 is 0. The van der Waals surface area contributed by atoms with Gasteiger partial charge in [-0.05, 0) is 32.9 Å². The molecule has 0 aliphatic carbocycles. The van der Waals surface area contributed by atoms with Gasteiger partial charge in [-0.3, -0.25) is 0 Å². The van der Waals surface area contributed by atoms with Crippen LogP contribution in [-0.4, -0.2) is 43.7 Å². The molecule has 0 radical (unpaired) electrons. The highest BCUT2D eigenvalue weighted by Crippen LogP contribution is 2.08. The van der Waals surface area contributed by atoms with Crippen LogP contribution in [0.2, 0.25) is 0 Å². The lowest BCUT2D eigenvalue weighted by molar-refractivity contribution is 0.203. The molecule has 4 nitrogen and oxygen atoms in total. The highest BCUT2D eigenvalue weighted by Gasteiger charge is 2.13. The Labute approximate surface area is 86.0 Å². The van der Waals surface area contributed by atoms with Crippen molar-refractivity contribution in [1.82, 2.24) is 15.5 Å². The molecule has 1 unspecified atom stereocenters. The van der Waals surface area contributed by atoms with Crippen LogP contribution >= 0.6 is 0 Å². The molecule has 0 aromatic carbocycles. The summed E-state index contributed by atoms with van der Waals surface area (Å²) in [6, 6.07) is 0.141. The SMILES string of the molecule is CNC(=O)NC(C)CN1CCCCC1. The lowest BCUT2D eigenvalue weighted by atomic mass is 10.1. The first-order valence-corrected chi connectivity index (χ1v) is 5.43. The molecule has 1 aliphatic rings. The topological polar surface area (TPSA) is 44.4 Å². The van der Waals surface area contributed by atoms with E-state index >= 15 is 0 Å². The lowest BCUT2D eigenvalue weighted by Gasteiger charge is -2.29. The van der Waals surface area contributed by atoms with Crippen molar-refractivity contribution in [2.24, 2.45) is 0 Å². The Morgan fingerprint density at radius 3 is 2.57 bits per heavy atom. The van der Waals surface area contributed by atoms with Gasteiger partial charge in [0.05, 0.1) is 0 Å². The second-order valence-corrected chi connectivity index (χ2v) is 3.99. The zero-order chi connectivity index (χ0) is 10.4. The van der Waals surface area contributed by atoms with Crippen LogP contribution in [0.1, 0.15) is 26.2 Å². The van der Waals surface area contributed by atoms with Crippen LogP contribution in [0.15, 0.2) is 0 Å². The lowest BCUT2D eigenvalue weighted by Crippen LogP contribution is -2.46. The van der Waals surface area contributed by atoms with Crippen LogP contribution in [0.5, 0.6) is 0 Å². The van der Waals surface area contributed by atoms with E-state index in [4.69, 9.17) is 0 Å². The Kier molecular flexibility index (Phi) is 4.73. The highest BCUT2D eigenvalue weighted by molar-refractivity contribution is 5.73. The molecule has 82 valence electrons. The normalized spacial score (nSPS) is 20.1. The third kappa shape index (κ3) is 3.96. The number of nitrogens with zero attached hydrogens (tertiary/aromatic N) is 1. The Balaban J connectivity index is 2.18. The molecule has 1 aliphatic heterocycles. The minimum atomic E-state index is -0.0884. The van der Waals surface area contributed by atoms with E-state index in [1.807, 2.05) is 6.92 Å². The fourth-order valence-corrected chi connectivity index (χ4v) is 1.87. The van der Waals surface area contributed by atoms with E-state index in [-0.39, 0.29) is 12.1 Å². The molecule has 1 saturated heterocycles. The number of hydrogen-bond acceptors (Lipinski definition) is 2. The van der Waals surface area contributed by atoms with Crippen LogP contribution in [0.25, 0.3) is 0 Å². The Hall–Kier alpha value is -0.770. The molecular weight excluding hydrogens is 178 g/mol. The maximum absolute atomic E-state index is 11.0.